The van der Waals surface area contributed by atoms with E-state index in [0.29, 0.717) is 23.2 Å². The molecule has 1 heterocycles. The van der Waals surface area contributed by atoms with Gasteiger partial charge in [0.05, 0.1) is 5.69 Å². The van der Waals surface area contributed by atoms with E-state index in [-0.39, 0.29) is 0 Å². The fraction of sp³-hybridized carbons (Fsp3) is 0.692. The molecule has 5 heteroatoms. The van der Waals surface area contributed by atoms with Gasteiger partial charge in [0, 0.05) is 6.04 Å². The van der Waals surface area contributed by atoms with Crippen LogP contribution in [0.25, 0.3) is 0 Å². The van der Waals surface area contributed by atoms with Crippen LogP contribution >= 0.6 is 11.5 Å². The Balaban J connectivity index is 2.15. The minimum absolute atomic E-state index is 0.348. The lowest BCUT2D eigenvalue weighted by Gasteiger charge is -2.31. The number of hydrogen-bond acceptors (Lipinski definition) is 4. The maximum atomic E-state index is 11.2. The molecule has 1 aromatic rings. The highest BCUT2D eigenvalue weighted by Crippen LogP contribution is 2.32. The third-order valence-corrected chi connectivity index (χ3v) is 4.70. The number of nitrogens with one attached hydrogen (secondary N) is 1. The first-order valence-corrected chi connectivity index (χ1v) is 7.37. The highest BCUT2D eigenvalue weighted by molar-refractivity contribution is 7.10. The van der Waals surface area contributed by atoms with Crippen LogP contribution in [0.5, 0.6) is 0 Å². The molecule has 1 aromatic heterocycles. The molecule has 0 aromatic carbocycles. The molecular weight excluding hydrogens is 248 g/mol. The number of anilines is 1. The van der Waals surface area contributed by atoms with E-state index in [2.05, 4.69) is 16.6 Å². The van der Waals surface area contributed by atoms with Crippen LogP contribution in [-0.4, -0.2) is 21.5 Å². The predicted octanol–water partition coefficient (Wildman–Crippen LogP) is 3.53. The van der Waals surface area contributed by atoms with E-state index in [1.807, 2.05) is 0 Å². The molecule has 1 fully saturated rings. The Morgan fingerprint density at radius 3 is 2.89 bits per heavy atom. The first-order chi connectivity index (χ1) is 8.63. The van der Waals surface area contributed by atoms with Crippen LogP contribution in [0.3, 0.4) is 0 Å². The summed E-state index contributed by atoms with van der Waals surface area (Å²) in [6.07, 6.45) is 6.05. The summed E-state index contributed by atoms with van der Waals surface area (Å²) in [6, 6.07) is 0.404. The van der Waals surface area contributed by atoms with Gasteiger partial charge in [-0.15, -0.1) is 0 Å². The van der Waals surface area contributed by atoms with Crippen LogP contribution in [0.4, 0.5) is 5.00 Å². The molecule has 0 saturated heterocycles. The van der Waals surface area contributed by atoms with Gasteiger partial charge in [-0.25, -0.2) is 4.79 Å². The molecule has 18 heavy (non-hydrogen) atoms. The second-order valence-electron chi connectivity index (χ2n) is 4.98. The number of hydrogen-bond donors (Lipinski definition) is 2. The molecule has 0 bridgehead atoms. The van der Waals surface area contributed by atoms with Gasteiger partial charge in [-0.2, -0.15) is 4.37 Å². The van der Waals surface area contributed by atoms with Gasteiger partial charge in [0.2, 0.25) is 0 Å². The Hall–Kier alpha value is -1.10. The lowest BCUT2D eigenvalue weighted by Crippen LogP contribution is -2.32. The molecule has 100 valence electrons. The molecule has 4 nitrogen and oxygen atoms in total. The van der Waals surface area contributed by atoms with E-state index in [1.54, 1.807) is 6.92 Å². The van der Waals surface area contributed by atoms with E-state index >= 15 is 0 Å². The average Bonchev–Trinajstić information content (AvgIpc) is 2.71. The number of carboxylic acid groups (broad SMARTS) is 1. The van der Waals surface area contributed by atoms with Crippen molar-refractivity contribution in [3.63, 3.8) is 0 Å². The zero-order chi connectivity index (χ0) is 13.1. The summed E-state index contributed by atoms with van der Waals surface area (Å²) in [5.41, 5.74) is 0.958. The summed E-state index contributed by atoms with van der Waals surface area (Å²) in [4.78, 5) is 11.2. The third-order valence-electron chi connectivity index (χ3n) is 3.83. The van der Waals surface area contributed by atoms with Crippen LogP contribution in [0, 0.1) is 12.8 Å². The predicted molar refractivity (Wildman–Crippen MR) is 73.5 cm³/mol. The lowest BCUT2D eigenvalue weighted by atomic mass is 9.83. The quantitative estimate of drug-likeness (QED) is 0.877. The van der Waals surface area contributed by atoms with E-state index in [4.69, 9.17) is 0 Å². The van der Waals surface area contributed by atoms with Crippen molar-refractivity contribution in [2.45, 2.75) is 52.0 Å². The van der Waals surface area contributed by atoms with Gasteiger partial charge >= 0.3 is 5.97 Å². The molecule has 2 atom stereocenters. The molecule has 1 saturated carbocycles. The fourth-order valence-electron chi connectivity index (χ4n) is 2.77. The van der Waals surface area contributed by atoms with E-state index < -0.39 is 5.97 Å². The Bertz CT molecular complexity index is 431. The normalized spacial score (nSPS) is 23.9. The van der Waals surface area contributed by atoms with Gasteiger partial charge in [-0.3, -0.25) is 0 Å². The largest absolute Gasteiger partial charge is 0.478 e. The van der Waals surface area contributed by atoms with Crippen LogP contribution in [0.2, 0.25) is 0 Å². The summed E-state index contributed by atoms with van der Waals surface area (Å²) in [5, 5.41) is 13.4. The second-order valence-corrected chi connectivity index (χ2v) is 5.75. The number of aryl methyl sites for hydroxylation is 1. The molecule has 0 amide bonds. The van der Waals surface area contributed by atoms with Crippen molar-refractivity contribution in [3.8, 4) is 0 Å². The average molecular weight is 268 g/mol. The summed E-state index contributed by atoms with van der Waals surface area (Å²) >= 11 is 1.27. The van der Waals surface area contributed by atoms with Crippen molar-refractivity contribution >= 4 is 22.5 Å². The monoisotopic (exact) mass is 268 g/mol. The number of aromatic nitrogens is 1. The minimum atomic E-state index is -0.882. The summed E-state index contributed by atoms with van der Waals surface area (Å²) in [6.45, 7) is 3.96. The van der Waals surface area contributed by atoms with Crippen LogP contribution in [-0.2, 0) is 0 Å². The van der Waals surface area contributed by atoms with Crippen molar-refractivity contribution in [3.05, 3.63) is 11.3 Å². The van der Waals surface area contributed by atoms with E-state index in [0.717, 1.165) is 17.8 Å². The van der Waals surface area contributed by atoms with Crippen molar-refractivity contribution in [1.82, 2.24) is 4.37 Å². The molecule has 0 spiro atoms. The van der Waals surface area contributed by atoms with E-state index in [1.165, 1.54) is 30.8 Å². The van der Waals surface area contributed by atoms with Gasteiger partial charge in [0.15, 0.2) is 0 Å². The van der Waals surface area contributed by atoms with Gasteiger partial charge in [-0.1, -0.05) is 26.2 Å². The molecule has 0 aliphatic heterocycles. The van der Waals surface area contributed by atoms with Crippen LogP contribution < -0.4 is 5.32 Å². The zero-order valence-electron chi connectivity index (χ0n) is 10.9. The molecule has 2 unspecified atom stereocenters. The number of rotatable bonds is 4. The third kappa shape index (κ3) is 2.66. The summed E-state index contributed by atoms with van der Waals surface area (Å²) in [7, 11) is 0. The van der Waals surface area contributed by atoms with E-state index in [9.17, 15) is 9.90 Å². The topological polar surface area (TPSA) is 62.2 Å². The van der Waals surface area contributed by atoms with Crippen LogP contribution in [0.1, 0.15) is 55.1 Å². The Labute approximate surface area is 112 Å². The second kappa shape index (κ2) is 5.69. The lowest BCUT2D eigenvalue weighted by molar-refractivity contribution is 0.0697. The van der Waals surface area contributed by atoms with Crippen molar-refractivity contribution in [2.75, 3.05) is 5.32 Å². The van der Waals surface area contributed by atoms with Gasteiger partial charge < -0.3 is 10.4 Å². The molecule has 0 radical (unpaired) electrons. The number of aromatic carboxylic acids is 1. The maximum absolute atomic E-state index is 11.2. The molecule has 2 N–H and O–H groups in total. The first-order valence-electron chi connectivity index (χ1n) is 6.59. The Morgan fingerprint density at radius 1 is 1.50 bits per heavy atom. The number of carbonyl (C=O) groups is 1. The molecule has 1 aliphatic rings. The van der Waals surface area contributed by atoms with Crippen molar-refractivity contribution < 1.29 is 9.90 Å². The molecule has 2 rings (SSSR count). The fourth-order valence-corrected chi connectivity index (χ4v) is 3.62. The van der Waals surface area contributed by atoms with Gasteiger partial charge in [0.25, 0.3) is 0 Å². The maximum Gasteiger partial charge on any atom is 0.340 e. The van der Waals surface area contributed by atoms with Crippen molar-refractivity contribution in [1.29, 1.82) is 0 Å². The standard InChI is InChI=1S/C13H20N2O2S/c1-3-9-6-4-5-7-10(9)14-12-11(13(16)17)8(2)15-18-12/h9-10,14H,3-7H2,1-2H3,(H,16,17). The summed E-state index contributed by atoms with van der Waals surface area (Å²) in [5.74, 6) is -0.226. The van der Waals surface area contributed by atoms with Crippen LogP contribution in [0.15, 0.2) is 0 Å². The zero-order valence-corrected chi connectivity index (χ0v) is 11.7. The smallest absolute Gasteiger partial charge is 0.340 e. The highest BCUT2D eigenvalue weighted by Gasteiger charge is 2.26. The Kier molecular flexibility index (Phi) is 4.22. The number of carboxylic acids is 1. The number of nitrogens with zero attached hydrogens (tertiary/aromatic N) is 1. The minimum Gasteiger partial charge on any atom is -0.478 e. The van der Waals surface area contributed by atoms with Gasteiger partial charge in [0.1, 0.15) is 10.6 Å². The highest BCUT2D eigenvalue weighted by atomic mass is 32.1. The van der Waals surface area contributed by atoms with Gasteiger partial charge in [-0.05, 0) is 37.2 Å². The van der Waals surface area contributed by atoms with Crippen molar-refractivity contribution in [2.24, 2.45) is 5.92 Å². The summed E-state index contributed by atoms with van der Waals surface area (Å²) < 4.78 is 4.15. The first kappa shape index (κ1) is 13.3. The molecular formula is C13H20N2O2S. The molecule has 1 aliphatic carbocycles. The Morgan fingerprint density at radius 2 is 2.22 bits per heavy atom. The SMILES string of the molecule is CCC1CCCCC1Nc1snc(C)c1C(=O)O.